The van der Waals surface area contributed by atoms with Gasteiger partial charge in [0, 0.05) is 29.0 Å². The van der Waals surface area contributed by atoms with E-state index in [1.165, 1.54) is 69.9 Å². The molecular weight excluding hydrogens is 525 g/mol. The number of fused-ring (bicyclic) bond motifs is 6. The molecule has 7 rings (SSSR count). The van der Waals surface area contributed by atoms with Crippen molar-refractivity contribution in [1.29, 1.82) is 0 Å². The molecule has 2 nitrogen and oxygen atoms in total. The molecule has 0 saturated heterocycles. The zero-order valence-electron chi connectivity index (χ0n) is 23.1. The minimum Gasteiger partial charge on any atom is -0.335 e. The van der Waals surface area contributed by atoms with E-state index in [0.717, 1.165) is 25.9 Å². The maximum Gasteiger partial charge on any atom is 0.262 e. The number of hydrogen-bond donors (Lipinski definition) is 0. The summed E-state index contributed by atoms with van der Waals surface area (Å²) < 4.78 is 3.83. The van der Waals surface area contributed by atoms with Gasteiger partial charge in [-0.05, 0) is 78.6 Å². The van der Waals surface area contributed by atoms with Gasteiger partial charge in [0.15, 0.2) is 0 Å². The fraction of sp³-hybridized carbons (Fsp3) is 0.194. The lowest BCUT2D eigenvalue weighted by Gasteiger charge is -2.18. The second-order valence-corrected chi connectivity index (χ2v) is 12.5. The van der Waals surface area contributed by atoms with E-state index in [4.69, 9.17) is 0 Å². The van der Waals surface area contributed by atoms with Crippen LogP contribution in [0, 0.1) is 0 Å². The van der Waals surface area contributed by atoms with Crippen molar-refractivity contribution in [3.8, 4) is 0 Å². The van der Waals surface area contributed by atoms with Gasteiger partial charge in [-0.15, -0.1) is 0 Å². The molecule has 4 heteroatoms. The van der Waals surface area contributed by atoms with E-state index in [9.17, 15) is 0 Å². The van der Waals surface area contributed by atoms with Crippen molar-refractivity contribution >= 4 is 66.6 Å². The first-order valence-corrected chi connectivity index (χ1v) is 16.0. The van der Waals surface area contributed by atoms with E-state index < -0.39 is 0 Å². The van der Waals surface area contributed by atoms with Crippen LogP contribution in [0.3, 0.4) is 0 Å². The summed E-state index contributed by atoms with van der Waals surface area (Å²) in [6.45, 7) is 6.43. The van der Waals surface area contributed by atoms with Crippen molar-refractivity contribution in [2.45, 2.75) is 44.6 Å². The Morgan fingerprint density at radius 1 is 0.825 bits per heavy atom. The molecule has 0 saturated carbocycles. The van der Waals surface area contributed by atoms with Crippen LogP contribution in [0.15, 0.2) is 118 Å². The summed E-state index contributed by atoms with van der Waals surface area (Å²) in [5.74, 6) is 0. The predicted octanol–water partition coefficient (Wildman–Crippen LogP) is 10.0. The zero-order chi connectivity index (χ0) is 27.1. The summed E-state index contributed by atoms with van der Waals surface area (Å²) in [4.78, 5) is 3.83. The molecule has 0 bridgehead atoms. The fourth-order valence-corrected chi connectivity index (χ4v) is 8.58. The minimum atomic E-state index is 0.971. The second kappa shape index (κ2) is 10.8. The van der Waals surface area contributed by atoms with Gasteiger partial charge in [-0.3, -0.25) is 0 Å². The van der Waals surface area contributed by atoms with Gasteiger partial charge in [0.2, 0.25) is 5.52 Å². The fourth-order valence-electron chi connectivity index (χ4n) is 6.06. The molecule has 0 N–H and O–H groups in total. The maximum absolute atomic E-state index is 2.45. The molecule has 0 spiro atoms. The van der Waals surface area contributed by atoms with E-state index in [1.54, 1.807) is 0 Å². The van der Waals surface area contributed by atoms with Crippen molar-refractivity contribution in [2.75, 3.05) is 11.4 Å². The molecule has 4 aromatic carbocycles. The smallest absolute Gasteiger partial charge is 0.262 e. The van der Waals surface area contributed by atoms with Crippen LogP contribution in [-0.2, 0) is 6.54 Å². The van der Waals surface area contributed by atoms with Crippen LogP contribution >= 0.6 is 23.1 Å². The average molecular weight is 558 g/mol. The third kappa shape index (κ3) is 4.49. The summed E-state index contributed by atoms with van der Waals surface area (Å²) in [6.07, 6.45) is 15.3. The summed E-state index contributed by atoms with van der Waals surface area (Å²) in [5, 5.41) is 7.96. The number of benzene rings is 4. The van der Waals surface area contributed by atoms with Crippen molar-refractivity contribution in [1.82, 2.24) is 0 Å². The molecule has 1 aliphatic heterocycles. The van der Waals surface area contributed by atoms with Crippen molar-refractivity contribution in [3.05, 3.63) is 118 Å². The Morgan fingerprint density at radius 3 is 2.42 bits per heavy atom. The molecule has 2 heterocycles. The van der Waals surface area contributed by atoms with Crippen molar-refractivity contribution in [2.24, 2.45) is 0 Å². The Bertz CT molecular complexity index is 1890. The SMILES string of the molecule is CCN1C(=CC=C2C=C(C=Cc3sc4c5ccccc5ccc4[n+]3CC)CCC2)Sc2c1ccc1ccccc21. The summed E-state index contributed by atoms with van der Waals surface area (Å²) >= 11 is 3.82. The van der Waals surface area contributed by atoms with Crippen LogP contribution in [0.2, 0.25) is 0 Å². The predicted molar refractivity (Wildman–Crippen MR) is 175 cm³/mol. The molecule has 198 valence electrons. The number of anilines is 1. The topological polar surface area (TPSA) is 7.12 Å². The Balaban J connectivity index is 1.17. The van der Waals surface area contributed by atoms with Gasteiger partial charge in [0.05, 0.1) is 10.7 Å². The van der Waals surface area contributed by atoms with E-state index >= 15 is 0 Å². The number of rotatable bonds is 5. The first-order chi connectivity index (χ1) is 19.7. The molecule has 0 fully saturated rings. The highest BCUT2D eigenvalue weighted by Gasteiger charge is 2.25. The Kier molecular flexibility index (Phi) is 6.82. The van der Waals surface area contributed by atoms with E-state index in [2.05, 4.69) is 126 Å². The van der Waals surface area contributed by atoms with Gasteiger partial charge in [0.1, 0.15) is 11.2 Å². The standard InChI is InChI=1S/C36H33N2S2/c1-3-37-31-20-18-27-12-5-7-14-29(27)35(31)39-33(37)22-16-25-10-9-11-26(24-25)17-23-34-38(4-2)32-21-19-28-13-6-8-15-30(28)36(32)40-34/h5-8,12-24H,3-4,9-11H2,1-2H3/q+1. The van der Waals surface area contributed by atoms with Crippen molar-refractivity contribution < 1.29 is 4.57 Å². The van der Waals surface area contributed by atoms with E-state index in [-0.39, 0.29) is 0 Å². The van der Waals surface area contributed by atoms with Gasteiger partial charge < -0.3 is 4.90 Å². The molecule has 5 aromatic rings. The first kappa shape index (κ1) is 25.4. The normalized spacial score (nSPS) is 17.6. The van der Waals surface area contributed by atoms with Crippen LogP contribution in [0.1, 0.15) is 38.1 Å². The number of thioether (sulfide) groups is 1. The van der Waals surface area contributed by atoms with E-state index in [1.807, 2.05) is 23.1 Å². The zero-order valence-corrected chi connectivity index (χ0v) is 24.7. The Morgan fingerprint density at radius 2 is 1.60 bits per heavy atom. The number of allylic oxidation sites excluding steroid dienone is 6. The molecular formula is C36H33N2S2+. The molecule has 0 amide bonds. The number of hydrogen-bond acceptors (Lipinski definition) is 3. The van der Waals surface area contributed by atoms with E-state index in [0.29, 0.717) is 0 Å². The summed E-state index contributed by atoms with van der Waals surface area (Å²) in [5.41, 5.74) is 5.50. The largest absolute Gasteiger partial charge is 0.335 e. The second-order valence-electron chi connectivity index (χ2n) is 10.5. The Hall–Kier alpha value is -3.60. The van der Waals surface area contributed by atoms with Gasteiger partial charge in [-0.25, -0.2) is 0 Å². The first-order valence-electron chi connectivity index (χ1n) is 14.3. The number of thiazole rings is 1. The van der Waals surface area contributed by atoms with Crippen LogP contribution < -0.4 is 9.47 Å². The van der Waals surface area contributed by atoms with Gasteiger partial charge in [0.25, 0.3) is 5.01 Å². The monoisotopic (exact) mass is 557 g/mol. The molecule has 0 unspecified atom stereocenters. The molecule has 1 aliphatic carbocycles. The number of aromatic nitrogens is 1. The highest BCUT2D eigenvalue weighted by Crippen LogP contribution is 2.49. The molecule has 1 aromatic heterocycles. The molecule has 0 atom stereocenters. The van der Waals surface area contributed by atoms with Crippen LogP contribution in [0.25, 0.3) is 37.8 Å². The van der Waals surface area contributed by atoms with Gasteiger partial charge >= 0.3 is 0 Å². The van der Waals surface area contributed by atoms with Gasteiger partial charge in [-0.1, -0.05) is 95.9 Å². The highest BCUT2D eigenvalue weighted by molar-refractivity contribution is 8.04. The number of aryl methyl sites for hydroxylation is 1. The van der Waals surface area contributed by atoms with Crippen LogP contribution in [0.5, 0.6) is 0 Å². The van der Waals surface area contributed by atoms with Crippen molar-refractivity contribution in [3.63, 3.8) is 0 Å². The van der Waals surface area contributed by atoms with Crippen LogP contribution in [0.4, 0.5) is 5.69 Å². The lowest BCUT2D eigenvalue weighted by Crippen LogP contribution is -2.33. The maximum atomic E-state index is 2.45. The molecule has 2 aliphatic rings. The summed E-state index contributed by atoms with van der Waals surface area (Å²) in [7, 11) is 0. The minimum absolute atomic E-state index is 0.971. The highest BCUT2D eigenvalue weighted by atomic mass is 32.2. The average Bonchev–Trinajstić information content (AvgIpc) is 3.56. The lowest BCUT2D eigenvalue weighted by molar-refractivity contribution is -0.665. The third-order valence-electron chi connectivity index (χ3n) is 8.06. The summed E-state index contributed by atoms with van der Waals surface area (Å²) in [6, 6.07) is 26.5. The quantitative estimate of drug-likeness (QED) is 0.199. The van der Waals surface area contributed by atoms with Crippen LogP contribution in [-0.4, -0.2) is 6.54 Å². The molecule has 40 heavy (non-hydrogen) atoms. The number of nitrogens with zero attached hydrogens (tertiary/aromatic N) is 2. The Labute approximate surface area is 244 Å². The molecule has 0 radical (unpaired) electrons. The van der Waals surface area contributed by atoms with Gasteiger partial charge in [-0.2, -0.15) is 4.57 Å². The lowest BCUT2D eigenvalue weighted by atomic mass is 9.94. The third-order valence-corrected chi connectivity index (χ3v) is 10.5.